The van der Waals surface area contributed by atoms with Crippen molar-refractivity contribution >= 4 is 17.5 Å². The Morgan fingerprint density at radius 3 is 2.94 bits per heavy atom. The Morgan fingerprint density at radius 2 is 2.35 bits per heavy atom. The number of carbonyl (C=O) groups is 1. The van der Waals surface area contributed by atoms with E-state index in [1.165, 1.54) is 0 Å². The second kappa shape index (κ2) is 5.05. The van der Waals surface area contributed by atoms with Crippen LogP contribution in [0.1, 0.15) is 36.3 Å². The van der Waals surface area contributed by atoms with Crippen molar-refractivity contribution in [2.24, 2.45) is 5.92 Å². The molecule has 0 saturated carbocycles. The van der Waals surface area contributed by atoms with Gasteiger partial charge < -0.3 is 4.90 Å². The summed E-state index contributed by atoms with van der Waals surface area (Å²) in [6.07, 6.45) is 1.88. The third kappa shape index (κ3) is 2.78. The molecule has 0 N–H and O–H groups in total. The number of likely N-dealkylation sites (tertiary alicyclic amines) is 1. The van der Waals surface area contributed by atoms with Gasteiger partial charge in [0, 0.05) is 24.3 Å². The molecule has 92 valence electrons. The molecule has 0 aromatic carbocycles. The molecular weight excluding hydrogens is 236 g/mol. The molecule has 2 rings (SSSR count). The molecular formula is C13H17ClN2O. The van der Waals surface area contributed by atoms with Gasteiger partial charge in [0.05, 0.1) is 0 Å². The predicted octanol–water partition coefficient (Wildman–Crippen LogP) is 2.78. The summed E-state index contributed by atoms with van der Waals surface area (Å²) in [4.78, 5) is 18.3. The quantitative estimate of drug-likeness (QED) is 0.759. The fourth-order valence-corrected chi connectivity index (χ4v) is 2.38. The standard InChI is InChI=1S/C13H17ClN2O/c1-3-11-6-10(7-12(14)15-11)13(17)16-5-4-9(2)8-16/h6-7,9H,3-5,8H2,1-2H3. The van der Waals surface area contributed by atoms with E-state index in [-0.39, 0.29) is 5.91 Å². The third-order valence-corrected chi connectivity index (χ3v) is 3.36. The van der Waals surface area contributed by atoms with E-state index in [0.29, 0.717) is 16.6 Å². The third-order valence-electron chi connectivity index (χ3n) is 3.17. The van der Waals surface area contributed by atoms with Crippen LogP contribution in [0.2, 0.25) is 5.15 Å². The maximum atomic E-state index is 12.3. The summed E-state index contributed by atoms with van der Waals surface area (Å²) in [7, 11) is 0. The first-order valence-electron chi connectivity index (χ1n) is 6.06. The van der Waals surface area contributed by atoms with E-state index in [1.54, 1.807) is 6.07 Å². The van der Waals surface area contributed by atoms with E-state index in [2.05, 4.69) is 11.9 Å². The molecule has 0 radical (unpaired) electrons. The van der Waals surface area contributed by atoms with Crippen LogP contribution in [0.5, 0.6) is 0 Å². The van der Waals surface area contributed by atoms with Gasteiger partial charge in [-0.3, -0.25) is 4.79 Å². The number of pyridine rings is 1. The van der Waals surface area contributed by atoms with E-state index < -0.39 is 0 Å². The Hall–Kier alpha value is -1.09. The van der Waals surface area contributed by atoms with Gasteiger partial charge in [0.2, 0.25) is 0 Å². The molecule has 3 nitrogen and oxygen atoms in total. The first-order chi connectivity index (χ1) is 8.10. The number of aryl methyl sites for hydroxylation is 1. The van der Waals surface area contributed by atoms with E-state index in [4.69, 9.17) is 11.6 Å². The molecule has 1 aliphatic heterocycles. The summed E-state index contributed by atoms with van der Waals surface area (Å²) >= 11 is 5.93. The minimum atomic E-state index is 0.0772. The van der Waals surface area contributed by atoms with Crippen molar-refractivity contribution in [2.45, 2.75) is 26.7 Å². The lowest BCUT2D eigenvalue weighted by atomic mass is 10.1. The maximum absolute atomic E-state index is 12.3. The number of carbonyl (C=O) groups excluding carboxylic acids is 1. The molecule has 1 fully saturated rings. The van der Waals surface area contributed by atoms with Crippen molar-refractivity contribution in [3.63, 3.8) is 0 Å². The number of hydrogen-bond acceptors (Lipinski definition) is 2. The lowest BCUT2D eigenvalue weighted by Gasteiger charge is -2.16. The van der Waals surface area contributed by atoms with Gasteiger partial charge in [0.15, 0.2) is 0 Å². The second-order valence-corrected chi connectivity index (χ2v) is 5.06. The highest BCUT2D eigenvalue weighted by molar-refractivity contribution is 6.29. The highest BCUT2D eigenvalue weighted by Gasteiger charge is 2.24. The Morgan fingerprint density at radius 1 is 1.59 bits per heavy atom. The first-order valence-corrected chi connectivity index (χ1v) is 6.43. The Kier molecular flexibility index (Phi) is 3.67. The number of halogens is 1. The van der Waals surface area contributed by atoms with Crippen molar-refractivity contribution < 1.29 is 4.79 Å². The number of rotatable bonds is 2. The van der Waals surface area contributed by atoms with Crippen molar-refractivity contribution in [3.05, 3.63) is 28.5 Å². The second-order valence-electron chi connectivity index (χ2n) is 4.67. The van der Waals surface area contributed by atoms with Gasteiger partial charge in [-0.1, -0.05) is 25.4 Å². The minimum Gasteiger partial charge on any atom is -0.338 e. The number of aromatic nitrogens is 1. The molecule has 1 saturated heterocycles. The van der Waals surface area contributed by atoms with Crippen LogP contribution >= 0.6 is 11.6 Å². The number of hydrogen-bond donors (Lipinski definition) is 0. The van der Waals surface area contributed by atoms with Crippen molar-refractivity contribution in [1.82, 2.24) is 9.88 Å². The fraction of sp³-hybridized carbons (Fsp3) is 0.538. The van der Waals surface area contributed by atoms with Gasteiger partial charge in [-0.25, -0.2) is 4.98 Å². The Labute approximate surface area is 107 Å². The van der Waals surface area contributed by atoms with E-state index in [1.807, 2.05) is 17.9 Å². The van der Waals surface area contributed by atoms with Gasteiger partial charge >= 0.3 is 0 Å². The lowest BCUT2D eigenvalue weighted by molar-refractivity contribution is 0.0788. The Bertz CT molecular complexity index is 433. The molecule has 2 heterocycles. The molecule has 1 atom stereocenters. The zero-order valence-electron chi connectivity index (χ0n) is 10.2. The average molecular weight is 253 g/mol. The summed E-state index contributed by atoms with van der Waals surface area (Å²) in [5.74, 6) is 0.676. The van der Waals surface area contributed by atoms with Gasteiger partial charge in [-0.2, -0.15) is 0 Å². The summed E-state index contributed by atoms with van der Waals surface area (Å²) in [6.45, 7) is 5.87. The number of amides is 1. The van der Waals surface area contributed by atoms with Gasteiger partial charge in [-0.15, -0.1) is 0 Å². The molecule has 1 aliphatic rings. The summed E-state index contributed by atoms with van der Waals surface area (Å²) in [5, 5.41) is 0.403. The lowest BCUT2D eigenvalue weighted by Crippen LogP contribution is -2.28. The van der Waals surface area contributed by atoms with Crippen LogP contribution in [0.25, 0.3) is 0 Å². The molecule has 0 spiro atoms. The van der Waals surface area contributed by atoms with Crippen molar-refractivity contribution in [1.29, 1.82) is 0 Å². The van der Waals surface area contributed by atoms with Crippen LogP contribution < -0.4 is 0 Å². The SMILES string of the molecule is CCc1cc(C(=O)N2CCC(C)C2)cc(Cl)n1. The molecule has 1 unspecified atom stereocenters. The van der Waals surface area contributed by atoms with Crippen LogP contribution in [0, 0.1) is 5.92 Å². The molecule has 4 heteroatoms. The van der Waals surface area contributed by atoms with Crippen LogP contribution in [0.3, 0.4) is 0 Å². The maximum Gasteiger partial charge on any atom is 0.254 e. The van der Waals surface area contributed by atoms with Crippen molar-refractivity contribution in [3.8, 4) is 0 Å². The smallest absolute Gasteiger partial charge is 0.254 e. The number of nitrogens with zero attached hydrogens (tertiary/aromatic N) is 2. The zero-order valence-corrected chi connectivity index (χ0v) is 11.0. The van der Waals surface area contributed by atoms with E-state index >= 15 is 0 Å². The minimum absolute atomic E-state index is 0.0772. The van der Waals surface area contributed by atoms with Gasteiger partial charge in [0.25, 0.3) is 5.91 Å². The predicted molar refractivity (Wildman–Crippen MR) is 68.3 cm³/mol. The normalized spacial score (nSPS) is 19.7. The highest BCUT2D eigenvalue weighted by Crippen LogP contribution is 2.19. The first kappa shape index (κ1) is 12.4. The summed E-state index contributed by atoms with van der Waals surface area (Å²) in [6, 6.07) is 3.50. The van der Waals surface area contributed by atoms with Gasteiger partial charge in [0.1, 0.15) is 5.15 Å². The summed E-state index contributed by atoms with van der Waals surface area (Å²) in [5.41, 5.74) is 1.53. The molecule has 1 amide bonds. The van der Waals surface area contributed by atoms with Gasteiger partial charge in [-0.05, 0) is 30.9 Å². The van der Waals surface area contributed by atoms with E-state index in [9.17, 15) is 4.79 Å². The van der Waals surface area contributed by atoms with Crippen LogP contribution in [-0.4, -0.2) is 28.9 Å². The van der Waals surface area contributed by atoms with Crippen LogP contribution in [0.15, 0.2) is 12.1 Å². The summed E-state index contributed by atoms with van der Waals surface area (Å²) < 4.78 is 0. The monoisotopic (exact) mass is 252 g/mol. The molecule has 0 aliphatic carbocycles. The zero-order chi connectivity index (χ0) is 12.4. The van der Waals surface area contributed by atoms with E-state index in [0.717, 1.165) is 31.6 Å². The largest absolute Gasteiger partial charge is 0.338 e. The topological polar surface area (TPSA) is 33.2 Å². The fourth-order valence-electron chi connectivity index (χ4n) is 2.16. The molecule has 17 heavy (non-hydrogen) atoms. The molecule has 1 aromatic heterocycles. The average Bonchev–Trinajstić information content (AvgIpc) is 2.74. The molecule has 1 aromatic rings. The molecule has 0 bridgehead atoms. The van der Waals surface area contributed by atoms with Crippen molar-refractivity contribution in [2.75, 3.05) is 13.1 Å². The highest BCUT2D eigenvalue weighted by atomic mass is 35.5. The van der Waals surface area contributed by atoms with Crippen LogP contribution in [-0.2, 0) is 6.42 Å². The van der Waals surface area contributed by atoms with Crippen LogP contribution in [0.4, 0.5) is 0 Å². The Balaban J connectivity index is 2.21.